The van der Waals surface area contributed by atoms with Gasteiger partial charge in [0.05, 0.1) is 11.4 Å². The van der Waals surface area contributed by atoms with E-state index >= 15 is 0 Å². The van der Waals surface area contributed by atoms with Crippen LogP contribution in [0.2, 0.25) is 0 Å². The highest BCUT2D eigenvalue weighted by atomic mass is 32.2. The molecule has 0 saturated carbocycles. The molecule has 1 heterocycles. The lowest BCUT2D eigenvalue weighted by molar-refractivity contribution is 0.102. The molecule has 1 aliphatic heterocycles. The molecule has 8 heteroatoms. The van der Waals surface area contributed by atoms with Gasteiger partial charge in [-0.2, -0.15) is 8.42 Å². The number of rotatable bonds is 6. The predicted octanol–water partition coefficient (Wildman–Crippen LogP) is 4.11. The molecule has 2 aromatic carbocycles. The number of carbonyl (C=O) groups excluding carboxylic acids is 1. The summed E-state index contributed by atoms with van der Waals surface area (Å²) in [4.78, 5) is 14.4. The van der Waals surface area contributed by atoms with E-state index < -0.39 is 15.8 Å². The Morgan fingerprint density at radius 2 is 1.85 bits per heavy atom. The van der Waals surface area contributed by atoms with Crippen molar-refractivity contribution in [3.63, 3.8) is 0 Å². The molecule has 142 valence electrons. The monoisotopic (exact) mass is 406 g/mol. The van der Waals surface area contributed by atoms with E-state index in [0.29, 0.717) is 17.8 Å². The van der Waals surface area contributed by atoms with E-state index in [2.05, 4.69) is 11.3 Å². The van der Waals surface area contributed by atoms with E-state index in [1.54, 1.807) is 18.2 Å². The van der Waals surface area contributed by atoms with Gasteiger partial charge in [0, 0.05) is 12.1 Å². The second-order valence-electron chi connectivity index (χ2n) is 6.04. The predicted molar refractivity (Wildman–Crippen MR) is 107 cm³/mol. The number of benzene rings is 2. The second-order valence-corrected chi connectivity index (χ2v) is 8.56. The molecule has 0 saturated heterocycles. The molecular weight excluding hydrogens is 387 g/mol. The zero-order chi connectivity index (χ0) is 19.4. The first kappa shape index (κ1) is 19.6. The highest BCUT2D eigenvalue weighted by molar-refractivity contribution is 8.15. The number of unbranched alkanes of at least 4 members (excludes halogenated alkanes) is 1. The van der Waals surface area contributed by atoms with Crippen molar-refractivity contribution < 1.29 is 17.6 Å². The van der Waals surface area contributed by atoms with Gasteiger partial charge in [0.1, 0.15) is 10.7 Å². The normalized spacial score (nSPS) is 15.2. The number of fused-ring (bicyclic) bond motifs is 1. The molecule has 0 amide bonds. The second kappa shape index (κ2) is 8.22. The summed E-state index contributed by atoms with van der Waals surface area (Å²) in [5.41, 5.74) is 0.960. The van der Waals surface area contributed by atoms with Crippen molar-refractivity contribution in [3.8, 4) is 0 Å². The quantitative estimate of drug-likeness (QED) is 0.676. The molecule has 2 aromatic rings. The molecule has 0 spiro atoms. The summed E-state index contributed by atoms with van der Waals surface area (Å²) in [6.45, 7) is 2.66. The highest BCUT2D eigenvalue weighted by Gasteiger charge is 2.30. The summed E-state index contributed by atoms with van der Waals surface area (Å²) in [5, 5.41) is 0.289. The molecule has 3 rings (SSSR count). The molecule has 0 radical (unpaired) electrons. The Kier molecular flexibility index (Phi) is 5.96. The van der Waals surface area contributed by atoms with Crippen LogP contribution in [-0.4, -0.2) is 31.7 Å². The molecule has 27 heavy (non-hydrogen) atoms. The van der Waals surface area contributed by atoms with Crippen LogP contribution >= 0.6 is 11.8 Å². The number of nitrogens with zero attached hydrogens (tertiary/aromatic N) is 2. The van der Waals surface area contributed by atoms with Crippen LogP contribution in [0.3, 0.4) is 0 Å². The topological polar surface area (TPSA) is 66.8 Å². The molecule has 0 unspecified atom stereocenters. The van der Waals surface area contributed by atoms with Crippen molar-refractivity contribution in [2.45, 2.75) is 24.7 Å². The van der Waals surface area contributed by atoms with Gasteiger partial charge in [0.15, 0.2) is 11.0 Å². The number of ketones is 1. The highest BCUT2D eigenvalue weighted by Crippen LogP contribution is 2.34. The number of anilines is 1. The number of hydrogen-bond donors (Lipinski definition) is 0. The minimum atomic E-state index is -3.80. The van der Waals surface area contributed by atoms with Gasteiger partial charge < -0.3 is 4.90 Å². The molecule has 0 aliphatic carbocycles. The van der Waals surface area contributed by atoms with Gasteiger partial charge in [0.2, 0.25) is 0 Å². The summed E-state index contributed by atoms with van der Waals surface area (Å²) in [6.07, 6.45) is 1.80. The summed E-state index contributed by atoms with van der Waals surface area (Å²) in [5.74, 6) is -0.608. The minimum Gasteiger partial charge on any atom is -0.319 e. The van der Waals surface area contributed by atoms with Gasteiger partial charge in [-0.1, -0.05) is 37.2 Å². The maximum absolute atomic E-state index is 13.0. The molecule has 0 fully saturated rings. The third-order valence-corrected chi connectivity index (χ3v) is 6.50. The van der Waals surface area contributed by atoms with Crippen molar-refractivity contribution in [2.75, 3.05) is 17.2 Å². The summed E-state index contributed by atoms with van der Waals surface area (Å²) >= 11 is 1.08. The van der Waals surface area contributed by atoms with E-state index in [0.717, 1.165) is 24.6 Å². The lowest BCUT2D eigenvalue weighted by Crippen LogP contribution is -2.35. The van der Waals surface area contributed by atoms with E-state index in [-0.39, 0.29) is 21.6 Å². The lowest BCUT2D eigenvalue weighted by Gasteiger charge is -2.30. The van der Waals surface area contributed by atoms with Crippen LogP contribution in [0, 0.1) is 5.82 Å². The number of para-hydroxylation sites is 1. The van der Waals surface area contributed by atoms with Crippen LogP contribution in [0.15, 0.2) is 57.8 Å². The van der Waals surface area contributed by atoms with Crippen LogP contribution in [0.4, 0.5) is 10.1 Å². The van der Waals surface area contributed by atoms with Gasteiger partial charge in [0.25, 0.3) is 10.0 Å². The van der Waals surface area contributed by atoms with Gasteiger partial charge in [-0.05, 0) is 42.8 Å². The number of thioether (sulfide) groups is 1. The smallest absolute Gasteiger partial charge is 0.286 e. The van der Waals surface area contributed by atoms with Crippen molar-refractivity contribution in [3.05, 3.63) is 59.9 Å². The molecule has 0 bridgehead atoms. The van der Waals surface area contributed by atoms with E-state index in [1.165, 1.54) is 30.3 Å². The summed E-state index contributed by atoms with van der Waals surface area (Å²) < 4.78 is 42.0. The molecule has 1 aliphatic rings. The Morgan fingerprint density at radius 1 is 1.15 bits per heavy atom. The lowest BCUT2D eigenvalue weighted by atomic mass is 10.1. The maximum atomic E-state index is 13.0. The number of amidine groups is 1. The summed E-state index contributed by atoms with van der Waals surface area (Å²) in [7, 11) is -3.80. The Labute approximate surface area is 162 Å². The van der Waals surface area contributed by atoms with Gasteiger partial charge in [-0.25, -0.2) is 4.39 Å². The van der Waals surface area contributed by atoms with Crippen LogP contribution < -0.4 is 4.90 Å². The first-order valence-corrected chi connectivity index (χ1v) is 11.0. The largest absolute Gasteiger partial charge is 0.319 e. The van der Waals surface area contributed by atoms with E-state index in [9.17, 15) is 17.6 Å². The number of halogens is 1. The Balaban J connectivity index is 1.85. The van der Waals surface area contributed by atoms with Crippen molar-refractivity contribution in [1.82, 2.24) is 0 Å². The average Bonchev–Trinajstić information content (AvgIpc) is 2.66. The Hall–Kier alpha value is -2.19. The Bertz CT molecular complexity index is 973. The fraction of sp³-hybridized carbons (Fsp3) is 0.263. The van der Waals surface area contributed by atoms with Crippen molar-refractivity contribution in [1.29, 1.82) is 0 Å². The van der Waals surface area contributed by atoms with Gasteiger partial charge in [-0.3, -0.25) is 4.79 Å². The molecule has 0 aromatic heterocycles. The van der Waals surface area contributed by atoms with Crippen molar-refractivity contribution >= 4 is 38.4 Å². The van der Waals surface area contributed by atoms with Crippen LogP contribution in [0.5, 0.6) is 0 Å². The van der Waals surface area contributed by atoms with Crippen LogP contribution in [0.1, 0.15) is 30.1 Å². The average molecular weight is 407 g/mol. The molecule has 5 nitrogen and oxygen atoms in total. The third kappa shape index (κ3) is 4.39. The standard InChI is InChI=1S/C19H19FN2O3S2/c1-2-3-12-22-16-6-4-5-7-18(16)27(24,25)21-19(22)26-13-17(23)14-8-10-15(20)11-9-14/h4-11H,2-3,12-13H2,1H3. The van der Waals surface area contributed by atoms with Crippen molar-refractivity contribution in [2.24, 2.45) is 4.40 Å². The molecule has 0 atom stereocenters. The number of Topliss-reactive ketones (excluding diaryl/α,β-unsaturated/α-hetero) is 1. The molecule has 0 N–H and O–H groups in total. The first-order chi connectivity index (χ1) is 12.9. The zero-order valence-electron chi connectivity index (χ0n) is 14.8. The van der Waals surface area contributed by atoms with E-state index in [1.807, 2.05) is 4.90 Å². The minimum absolute atomic E-state index is 0.0186. The first-order valence-electron chi connectivity index (χ1n) is 8.55. The maximum Gasteiger partial charge on any atom is 0.286 e. The fourth-order valence-electron chi connectivity index (χ4n) is 2.69. The fourth-order valence-corrected chi connectivity index (χ4v) is 5.06. The van der Waals surface area contributed by atoms with Gasteiger partial charge in [-0.15, -0.1) is 4.40 Å². The number of carbonyl (C=O) groups is 1. The van der Waals surface area contributed by atoms with E-state index in [4.69, 9.17) is 0 Å². The number of sulfonamides is 1. The SMILES string of the molecule is CCCCN1C(SCC(=O)c2ccc(F)cc2)=NS(=O)(=O)c2ccccc21. The van der Waals surface area contributed by atoms with Gasteiger partial charge >= 0.3 is 0 Å². The Morgan fingerprint density at radius 3 is 2.56 bits per heavy atom. The zero-order valence-corrected chi connectivity index (χ0v) is 16.4. The number of hydrogen-bond acceptors (Lipinski definition) is 5. The van der Waals surface area contributed by atoms with Crippen LogP contribution in [-0.2, 0) is 10.0 Å². The van der Waals surface area contributed by atoms with Crippen LogP contribution in [0.25, 0.3) is 0 Å². The summed E-state index contributed by atoms with van der Waals surface area (Å²) in [6, 6.07) is 12.0. The third-order valence-electron chi connectivity index (χ3n) is 4.10. The molecular formula is C19H19FN2O3S2.